The molecule has 0 aliphatic heterocycles. The Labute approximate surface area is 123 Å². The molecule has 2 N–H and O–H groups in total. The van der Waals surface area contributed by atoms with E-state index in [-0.39, 0.29) is 11.7 Å². The summed E-state index contributed by atoms with van der Waals surface area (Å²) in [5, 5.41) is 5.94. The lowest BCUT2D eigenvalue weighted by Gasteiger charge is -2.10. The molecule has 0 aliphatic carbocycles. The topological polar surface area (TPSA) is 54.0 Å². The Morgan fingerprint density at radius 2 is 2.00 bits per heavy atom. The van der Waals surface area contributed by atoms with Gasteiger partial charge < -0.3 is 10.6 Å². The Morgan fingerprint density at radius 1 is 1.24 bits per heavy atom. The number of pyridine rings is 1. The van der Waals surface area contributed by atoms with Crippen molar-refractivity contribution < 1.29 is 9.18 Å². The third kappa shape index (κ3) is 4.27. The van der Waals surface area contributed by atoms with Crippen molar-refractivity contribution in [2.24, 2.45) is 0 Å². The molecule has 110 valence electrons. The highest BCUT2D eigenvalue weighted by Crippen LogP contribution is 2.11. The van der Waals surface area contributed by atoms with E-state index in [1.54, 1.807) is 30.5 Å². The maximum atomic E-state index is 12.8. The van der Waals surface area contributed by atoms with Gasteiger partial charge in [-0.05, 0) is 36.2 Å². The molecule has 0 aliphatic rings. The fourth-order valence-electron chi connectivity index (χ4n) is 1.85. The summed E-state index contributed by atoms with van der Waals surface area (Å²) in [7, 11) is 0. The molecule has 2 rings (SSSR count). The lowest BCUT2D eigenvalue weighted by atomic mass is 10.2. The Bertz CT molecular complexity index is 599. The second-order valence-corrected chi connectivity index (χ2v) is 4.64. The minimum absolute atomic E-state index is 0.203. The van der Waals surface area contributed by atoms with Crippen molar-refractivity contribution in [2.45, 2.75) is 19.9 Å². The molecule has 1 amide bonds. The van der Waals surface area contributed by atoms with Gasteiger partial charge in [-0.25, -0.2) is 9.37 Å². The molecular weight excluding hydrogens is 269 g/mol. The van der Waals surface area contributed by atoms with Crippen LogP contribution < -0.4 is 10.6 Å². The number of nitrogens with one attached hydrogen (secondary N) is 2. The molecule has 4 nitrogen and oxygen atoms in total. The Balaban J connectivity index is 2.01. The number of anilines is 1. The second kappa shape index (κ2) is 7.38. The summed E-state index contributed by atoms with van der Waals surface area (Å²) in [6, 6.07) is 9.50. The van der Waals surface area contributed by atoms with Gasteiger partial charge in [-0.2, -0.15) is 0 Å². The molecule has 0 fully saturated rings. The lowest BCUT2D eigenvalue weighted by Crippen LogP contribution is -2.24. The third-order valence-corrected chi connectivity index (χ3v) is 2.96. The Kier molecular flexibility index (Phi) is 5.26. The molecule has 0 radical (unpaired) electrons. The second-order valence-electron chi connectivity index (χ2n) is 4.64. The van der Waals surface area contributed by atoms with E-state index in [4.69, 9.17) is 0 Å². The number of amides is 1. The maximum Gasteiger partial charge on any atom is 0.255 e. The quantitative estimate of drug-likeness (QED) is 0.859. The van der Waals surface area contributed by atoms with Crippen molar-refractivity contribution in [2.75, 3.05) is 11.9 Å². The van der Waals surface area contributed by atoms with Crippen LogP contribution in [0.3, 0.4) is 0 Å². The molecule has 1 aromatic carbocycles. The number of aromatic nitrogens is 1. The van der Waals surface area contributed by atoms with E-state index >= 15 is 0 Å². The van der Waals surface area contributed by atoms with Gasteiger partial charge in [-0.1, -0.05) is 19.1 Å². The maximum absolute atomic E-state index is 12.8. The molecular formula is C16H18FN3O. The Morgan fingerprint density at radius 3 is 2.71 bits per heavy atom. The fraction of sp³-hybridized carbons (Fsp3) is 0.250. The smallest absolute Gasteiger partial charge is 0.255 e. The van der Waals surface area contributed by atoms with Crippen molar-refractivity contribution in [3.8, 4) is 0 Å². The van der Waals surface area contributed by atoms with Crippen LogP contribution in [0.5, 0.6) is 0 Å². The molecule has 0 bridgehead atoms. The highest BCUT2D eigenvalue weighted by Gasteiger charge is 2.11. The first kappa shape index (κ1) is 15.0. The summed E-state index contributed by atoms with van der Waals surface area (Å²) in [5.74, 6) is 0.0883. The lowest BCUT2D eigenvalue weighted by molar-refractivity contribution is 0.0951. The van der Waals surface area contributed by atoms with E-state index < -0.39 is 0 Å². The first-order chi connectivity index (χ1) is 10.2. The van der Waals surface area contributed by atoms with Gasteiger partial charge in [0.15, 0.2) is 0 Å². The van der Waals surface area contributed by atoms with Crippen molar-refractivity contribution in [3.63, 3.8) is 0 Å². The average molecular weight is 287 g/mol. The molecule has 1 heterocycles. The van der Waals surface area contributed by atoms with Crippen LogP contribution >= 0.6 is 0 Å². The van der Waals surface area contributed by atoms with Gasteiger partial charge in [-0.15, -0.1) is 0 Å². The summed E-state index contributed by atoms with van der Waals surface area (Å²) in [5.41, 5.74) is 1.35. The van der Waals surface area contributed by atoms with Gasteiger partial charge >= 0.3 is 0 Å². The zero-order chi connectivity index (χ0) is 15.1. The van der Waals surface area contributed by atoms with Crippen molar-refractivity contribution in [1.29, 1.82) is 0 Å². The van der Waals surface area contributed by atoms with Crippen LogP contribution in [0.4, 0.5) is 10.2 Å². The van der Waals surface area contributed by atoms with Gasteiger partial charge in [0.1, 0.15) is 11.6 Å². The van der Waals surface area contributed by atoms with Gasteiger partial charge in [0.05, 0.1) is 5.56 Å². The minimum atomic E-state index is -0.289. The minimum Gasteiger partial charge on any atom is -0.369 e. The standard InChI is InChI=1S/C16H18FN3O/c1-2-9-18-15-14(4-3-10-19-15)16(21)20-11-12-5-7-13(17)8-6-12/h3-8,10H,2,9,11H2,1H3,(H,18,19)(H,20,21). The van der Waals surface area contributed by atoms with E-state index in [0.717, 1.165) is 18.5 Å². The monoisotopic (exact) mass is 287 g/mol. The number of halogens is 1. The molecule has 2 aromatic rings. The van der Waals surface area contributed by atoms with E-state index in [2.05, 4.69) is 15.6 Å². The summed E-state index contributed by atoms with van der Waals surface area (Å²) in [4.78, 5) is 16.4. The average Bonchev–Trinajstić information content (AvgIpc) is 2.52. The molecule has 0 saturated heterocycles. The first-order valence-corrected chi connectivity index (χ1v) is 6.92. The van der Waals surface area contributed by atoms with E-state index in [1.807, 2.05) is 6.92 Å². The molecule has 5 heteroatoms. The van der Waals surface area contributed by atoms with Crippen LogP contribution in [0.25, 0.3) is 0 Å². The fourth-order valence-corrected chi connectivity index (χ4v) is 1.85. The SMILES string of the molecule is CCCNc1ncccc1C(=O)NCc1ccc(F)cc1. The van der Waals surface area contributed by atoms with Crippen LogP contribution in [-0.4, -0.2) is 17.4 Å². The zero-order valence-corrected chi connectivity index (χ0v) is 11.9. The highest BCUT2D eigenvalue weighted by atomic mass is 19.1. The zero-order valence-electron chi connectivity index (χ0n) is 11.9. The summed E-state index contributed by atoms with van der Waals surface area (Å²) in [6.07, 6.45) is 2.60. The van der Waals surface area contributed by atoms with Crippen LogP contribution in [0.1, 0.15) is 29.3 Å². The summed E-state index contributed by atoms with van der Waals surface area (Å²) >= 11 is 0. The predicted molar refractivity (Wildman–Crippen MR) is 80.6 cm³/mol. The summed E-state index contributed by atoms with van der Waals surface area (Å²) < 4.78 is 12.8. The molecule has 0 spiro atoms. The molecule has 21 heavy (non-hydrogen) atoms. The molecule has 0 saturated carbocycles. The highest BCUT2D eigenvalue weighted by molar-refractivity contribution is 5.98. The van der Waals surface area contributed by atoms with E-state index in [9.17, 15) is 9.18 Å². The normalized spacial score (nSPS) is 10.2. The van der Waals surface area contributed by atoms with E-state index in [0.29, 0.717) is 17.9 Å². The molecule has 1 aromatic heterocycles. The van der Waals surface area contributed by atoms with Crippen LogP contribution in [-0.2, 0) is 6.54 Å². The van der Waals surface area contributed by atoms with Crippen LogP contribution in [0.2, 0.25) is 0 Å². The van der Waals surface area contributed by atoms with Gasteiger partial charge in [0.2, 0.25) is 0 Å². The number of hydrogen-bond acceptors (Lipinski definition) is 3. The van der Waals surface area contributed by atoms with Crippen molar-refractivity contribution in [3.05, 3.63) is 59.5 Å². The number of carbonyl (C=O) groups excluding carboxylic acids is 1. The number of benzene rings is 1. The largest absolute Gasteiger partial charge is 0.369 e. The Hall–Kier alpha value is -2.43. The number of hydrogen-bond donors (Lipinski definition) is 2. The molecule has 0 unspecified atom stereocenters. The number of rotatable bonds is 6. The van der Waals surface area contributed by atoms with Crippen molar-refractivity contribution in [1.82, 2.24) is 10.3 Å². The first-order valence-electron chi connectivity index (χ1n) is 6.92. The third-order valence-electron chi connectivity index (χ3n) is 2.96. The number of carbonyl (C=O) groups is 1. The predicted octanol–water partition coefficient (Wildman–Crippen LogP) is 2.97. The molecule has 0 atom stereocenters. The summed E-state index contributed by atoms with van der Waals surface area (Å²) in [6.45, 7) is 3.15. The van der Waals surface area contributed by atoms with Gasteiger partial charge in [-0.3, -0.25) is 4.79 Å². The van der Waals surface area contributed by atoms with Gasteiger partial charge in [0, 0.05) is 19.3 Å². The number of nitrogens with zero attached hydrogens (tertiary/aromatic N) is 1. The van der Waals surface area contributed by atoms with Crippen molar-refractivity contribution >= 4 is 11.7 Å². The van der Waals surface area contributed by atoms with Gasteiger partial charge in [0.25, 0.3) is 5.91 Å². The van der Waals surface area contributed by atoms with E-state index in [1.165, 1.54) is 12.1 Å². The van der Waals surface area contributed by atoms with Crippen LogP contribution in [0, 0.1) is 5.82 Å². The van der Waals surface area contributed by atoms with Crippen LogP contribution in [0.15, 0.2) is 42.6 Å².